The second-order valence-corrected chi connectivity index (χ2v) is 4.79. The summed E-state index contributed by atoms with van der Waals surface area (Å²) in [5.41, 5.74) is 1.95. The third kappa shape index (κ3) is 2.61. The summed E-state index contributed by atoms with van der Waals surface area (Å²) in [6.07, 6.45) is -3.84. The number of para-hydroxylation sites is 2. The summed E-state index contributed by atoms with van der Waals surface area (Å²) in [7, 11) is 0. The van der Waals surface area contributed by atoms with Gasteiger partial charge in [0.25, 0.3) is 0 Å². The van der Waals surface area contributed by atoms with E-state index in [9.17, 15) is 13.2 Å². The van der Waals surface area contributed by atoms with Crippen molar-refractivity contribution in [1.82, 2.24) is 14.5 Å². The van der Waals surface area contributed by atoms with Crippen molar-refractivity contribution in [2.75, 3.05) is 0 Å². The van der Waals surface area contributed by atoms with E-state index in [1.54, 1.807) is 36.5 Å². The fourth-order valence-electron chi connectivity index (χ4n) is 2.32. The van der Waals surface area contributed by atoms with Crippen LogP contribution in [0, 0.1) is 6.92 Å². The van der Waals surface area contributed by atoms with Crippen molar-refractivity contribution >= 4 is 11.0 Å². The Bertz CT molecular complexity index is 790. The molecule has 0 saturated carbocycles. The molecule has 0 aliphatic rings. The standard InChI is InChI=1S/C15H12F3N3/c1-10-5-4-8-19-14(10)21-12-7-3-2-6-11(12)20-13(21)9-15(16,17)18/h2-8H,9H2,1H3. The smallest absolute Gasteiger partial charge is 0.280 e. The topological polar surface area (TPSA) is 30.7 Å². The molecule has 0 atom stereocenters. The molecule has 0 aliphatic carbocycles. The van der Waals surface area contributed by atoms with Crippen molar-refractivity contribution < 1.29 is 13.2 Å². The monoisotopic (exact) mass is 291 g/mol. The average molecular weight is 291 g/mol. The molecular weight excluding hydrogens is 279 g/mol. The van der Waals surface area contributed by atoms with Gasteiger partial charge in [-0.1, -0.05) is 18.2 Å². The van der Waals surface area contributed by atoms with Crippen molar-refractivity contribution in [3.8, 4) is 5.82 Å². The van der Waals surface area contributed by atoms with E-state index in [0.717, 1.165) is 5.56 Å². The predicted molar refractivity (Wildman–Crippen MR) is 73.4 cm³/mol. The molecule has 2 aromatic heterocycles. The number of alkyl halides is 3. The van der Waals surface area contributed by atoms with E-state index in [4.69, 9.17) is 0 Å². The number of hydrogen-bond donors (Lipinski definition) is 0. The van der Waals surface area contributed by atoms with Gasteiger partial charge >= 0.3 is 6.18 Å². The molecule has 1 aromatic carbocycles. The Kier molecular flexibility index (Phi) is 3.16. The number of aryl methyl sites for hydroxylation is 1. The number of rotatable bonds is 2. The van der Waals surface area contributed by atoms with Crippen LogP contribution in [0.1, 0.15) is 11.4 Å². The second-order valence-electron chi connectivity index (χ2n) is 4.79. The van der Waals surface area contributed by atoms with Crippen LogP contribution in [-0.4, -0.2) is 20.7 Å². The molecule has 3 aromatic rings. The Morgan fingerprint density at radius 3 is 2.57 bits per heavy atom. The molecule has 21 heavy (non-hydrogen) atoms. The molecule has 0 saturated heterocycles. The highest BCUT2D eigenvalue weighted by Gasteiger charge is 2.31. The summed E-state index contributed by atoms with van der Waals surface area (Å²) >= 11 is 0. The Balaban J connectivity index is 2.28. The van der Waals surface area contributed by atoms with E-state index < -0.39 is 12.6 Å². The van der Waals surface area contributed by atoms with Gasteiger partial charge in [0.15, 0.2) is 0 Å². The molecule has 0 amide bonds. The Morgan fingerprint density at radius 1 is 1.10 bits per heavy atom. The lowest BCUT2D eigenvalue weighted by molar-refractivity contribution is -0.128. The van der Waals surface area contributed by atoms with E-state index in [1.165, 1.54) is 4.57 Å². The van der Waals surface area contributed by atoms with Gasteiger partial charge in [0, 0.05) is 6.20 Å². The summed E-state index contributed by atoms with van der Waals surface area (Å²) in [5.74, 6) is 0.427. The summed E-state index contributed by atoms with van der Waals surface area (Å²) in [5, 5.41) is 0. The number of pyridine rings is 1. The Morgan fingerprint density at radius 2 is 1.86 bits per heavy atom. The fourth-order valence-corrected chi connectivity index (χ4v) is 2.32. The molecule has 6 heteroatoms. The SMILES string of the molecule is Cc1cccnc1-n1c(CC(F)(F)F)nc2ccccc21. The summed E-state index contributed by atoms with van der Waals surface area (Å²) in [6, 6.07) is 10.5. The predicted octanol–water partition coefficient (Wildman–Crippen LogP) is 3.83. The molecule has 0 N–H and O–H groups in total. The lowest BCUT2D eigenvalue weighted by Gasteiger charge is -2.12. The molecule has 0 spiro atoms. The third-order valence-electron chi connectivity index (χ3n) is 3.18. The van der Waals surface area contributed by atoms with Crippen LogP contribution in [0.2, 0.25) is 0 Å². The number of benzene rings is 1. The number of hydrogen-bond acceptors (Lipinski definition) is 2. The number of aromatic nitrogens is 3. The molecule has 0 bridgehead atoms. The minimum absolute atomic E-state index is 0.0505. The van der Waals surface area contributed by atoms with Gasteiger partial charge in [0.1, 0.15) is 18.1 Å². The van der Waals surface area contributed by atoms with Crippen molar-refractivity contribution in [1.29, 1.82) is 0 Å². The highest BCUT2D eigenvalue weighted by atomic mass is 19.4. The highest BCUT2D eigenvalue weighted by Crippen LogP contribution is 2.27. The first-order valence-electron chi connectivity index (χ1n) is 6.41. The van der Waals surface area contributed by atoms with Gasteiger partial charge in [0.2, 0.25) is 0 Å². The number of nitrogens with zero attached hydrogens (tertiary/aromatic N) is 3. The molecule has 0 unspecified atom stereocenters. The van der Waals surface area contributed by atoms with E-state index in [1.807, 2.05) is 13.0 Å². The Labute approximate surface area is 119 Å². The normalized spacial score (nSPS) is 12.0. The van der Waals surface area contributed by atoms with Crippen LogP contribution in [0.4, 0.5) is 13.2 Å². The quantitative estimate of drug-likeness (QED) is 0.718. The molecular formula is C15H12F3N3. The molecule has 3 nitrogen and oxygen atoms in total. The van der Waals surface area contributed by atoms with Crippen LogP contribution in [0.5, 0.6) is 0 Å². The van der Waals surface area contributed by atoms with Gasteiger partial charge in [-0.25, -0.2) is 9.97 Å². The second kappa shape index (κ2) is 4.87. The van der Waals surface area contributed by atoms with Gasteiger partial charge in [0.05, 0.1) is 11.0 Å². The first kappa shape index (κ1) is 13.6. The van der Waals surface area contributed by atoms with E-state index >= 15 is 0 Å². The van der Waals surface area contributed by atoms with Crippen molar-refractivity contribution in [2.24, 2.45) is 0 Å². The van der Waals surface area contributed by atoms with Gasteiger partial charge < -0.3 is 0 Å². The van der Waals surface area contributed by atoms with Crippen LogP contribution in [0.25, 0.3) is 16.9 Å². The van der Waals surface area contributed by atoms with Crippen molar-refractivity contribution in [2.45, 2.75) is 19.5 Å². The van der Waals surface area contributed by atoms with Crippen LogP contribution < -0.4 is 0 Å². The maximum atomic E-state index is 12.8. The molecule has 0 aliphatic heterocycles. The minimum atomic E-state index is -4.32. The van der Waals surface area contributed by atoms with E-state index in [2.05, 4.69) is 9.97 Å². The Hall–Kier alpha value is -2.37. The molecule has 3 rings (SSSR count). The first-order chi connectivity index (χ1) is 9.96. The molecule has 2 heterocycles. The van der Waals surface area contributed by atoms with Crippen LogP contribution in [-0.2, 0) is 6.42 Å². The lowest BCUT2D eigenvalue weighted by atomic mass is 10.2. The highest BCUT2D eigenvalue weighted by molar-refractivity contribution is 5.78. The van der Waals surface area contributed by atoms with Gasteiger partial charge in [-0.3, -0.25) is 4.57 Å². The lowest BCUT2D eigenvalue weighted by Crippen LogP contribution is -2.16. The zero-order chi connectivity index (χ0) is 15.0. The maximum Gasteiger partial charge on any atom is 0.396 e. The minimum Gasteiger partial charge on any atom is -0.280 e. The van der Waals surface area contributed by atoms with E-state index in [-0.39, 0.29) is 5.82 Å². The number of fused-ring (bicyclic) bond motifs is 1. The van der Waals surface area contributed by atoms with Crippen molar-refractivity contribution in [3.05, 3.63) is 54.0 Å². The van der Waals surface area contributed by atoms with Crippen LogP contribution in [0.3, 0.4) is 0 Å². The van der Waals surface area contributed by atoms with Crippen LogP contribution >= 0.6 is 0 Å². The average Bonchev–Trinajstić information content (AvgIpc) is 2.75. The molecule has 0 radical (unpaired) electrons. The molecule has 0 fully saturated rings. The largest absolute Gasteiger partial charge is 0.396 e. The van der Waals surface area contributed by atoms with Gasteiger partial charge in [-0.05, 0) is 30.7 Å². The number of imidazole rings is 1. The fraction of sp³-hybridized carbons (Fsp3) is 0.200. The van der Waals surface area contributed by atoms with E-state index in [0.29, 0.717) is 16.9 Å². The summed E-state index contributed by atoms with van der Waals surface area (Å²) in [6.45, 7) is 1.81. The van der Waals surface area contributed by atoms with Crippen molar-refractivity contribution in [3.63, 3.8) is 0 Å². The zero-order valence-electron chi connectivity index (χ0n) is 11.2. The van der Waals surface area contributed by atoms with Gasteiger partial charge in [-0.2, -0.15) is 13.2 Å². The molecule has 108 valence electrons. The maximum absolute atomic E-state index is 12.8. The summed E-state index contributed by atoms with van der Waals surface area (Å²) in [4.78, 5) is 8.34. The number of halogens is 3. The first-order valence-corrected chi connectivity index (χ1v) is 6.41. The van der Waals surface area contributed by atoms with Crippen LogP contribution in [0.15, 0.2) is 42.6 Å². The van der Waals surface area contributed by atoms with Gasteiger partial charge in [-0.15, -0.1) is 0 Å². The summed E-state index contributed by atoms with van der Waals surface area (Å²) < 4.78 is 39.9. The zero-order valence-corrected chi connectivity index (χ0v) is 11.2. The third-order valence-corrected chi connectivity index (χ3v) is 3.18.